The van der Waals surface area contributed by atoms with Crippen LogP contribution in [0.5, 0.6) is 0 Å². The Morgan fingerprint density at radius 1 is 1.50 bits per heavy atom. The summed E-state index contributed by atoms with van der Waals surface area (Å²) in [6.07, 6.45) is -0.289. The highest BCUT2D eigenvalue weighted by atomic mass is 16.6. The first-order valence-electron chi connectivity index (χ1n) is 6.41. The average Bonchev–Trinajstić information content (AvgIpc) is 2.77. The number of carbonyl (C=O) groups excluding carboxylic acids is 1. The molecule has 1 unspecified atom stereocenters. The first-order valence-corrected chi connectivity index (χ1v) is 6.41. The molecule has 2 rings (SSSR count). The molecule has 0 aromatic heterocycles. The summed E-state index contributed by atoms with van der Waals surface area (Å²) >= 11 is 0. The Balaban J connectivity index is 2.19. The van der Waals surface area contributed by atoms with Crippen LogP contribution in [-0.2, 0) is 4.79 Å². The lowest BCUT2D eigenvalue weighted by Crippen LogP contribution is -2.36. The molecule has 1 aromatic rings. The quantitative estimate of drug-likeness (QED) is 0.630. The highest BCUT2D eigenvalue weighted by Gasteiger charge is 2.31. The number of benzene rings is 1. The lowest BCUT2D eigenvalue weighted by molar-refractivity contribution is -0.385. The van der Waals surface area contributed by atoms with Gasteiger partial charge in [-0.25, -0.2) is 0 Å². The van der Waals surface area contributed by atoms with Crippen molar-refractivity contribution >= 4 is 11.6 Å². The zero-order valence-electron chi connectivity index (χ0n) is 11.6. The van der Waals surface area contributed by atoms with Crippen molar-refractivity contribution in [1.29, 1.82) is 0 Å². The monoisotopic (exact) mass is 278 g/mol. The molecule has 1 aliphatic heterocycles. The number of likely N-dealkylation sites (N-methyl/N-ethyl adjacent to an activating group) is 1. The van der Waals surface area contributed by atoms with Gasteiger partial charge in [0.05, 0.1) is 11.5 Å². The normalized spacial score (nSPS) is 18.9. The molecule has 1 atom stereocenters. The number of non-ortho nitro benzene ring substituents is 1. The minimum Gasteiger partial charge on any atom is -0.321 e. The standard InChI is InChI=1S/C13H18N4O3/c1-15(2)6-7-16-12(18)9-14-13(16)10-4-3-5-11(8-10)17(19)20/h3-5,8,13-14H,6-7,9H2,1-2H3. The van der Waals surface area contributed by atoms with Crippen molar-refractivity contribution in [2.75, 3.05) is 33.7 Å². The van der Waals surface area contributed by atoms with Crippen molar-refractivity contribution in [3.05, 3.63) is 39.9 Å². The summed E-state index contributed by atoms with van der Waals surface area (Å²) in [4.78, 5) is 26.0. The van der Waals surface area contributed by atoms with Crippen molar-refractivity contribution in [2.45, 2.75) is 6.17 Å². The zero-order chi connectivity index (χ0) is 14.7. The van der Waals surface area contributed by atoms with Gasteiger partial charge in [0.2, 0.25) is 5.91 Å². The Kier molecular flexibility index (Phi) is 4.31. The molecule has 1 saturated heterocycles. The van der Waals surface area contributed by atoms with Crippen LogP contribution < -0.4 is 5.32 Å². The number of nitrogens with zero attached hydrogens (tertiary/aromatic N) is 3. The smallest absolute Gasteiger partial charge is 0.269 e. The summed E-state index contributed by atoms with van der Waals surface area (Å²) in [6, 6.07) is 6.40. The molecule has 0 saturated carbocycles. The SMILES string of the molecule is CN(C)CCN1C(=O)CNC1c1cccc([N+](=O)[O-])c1. The van der Waals surface area contributed by atoms with E-state index in [0.717, 1.165) is 12.1 Å². The van der Waals surface area contributed by atoms with E-state index in [2.05, 4.69) is 5.32 Å². The Morgan fingerprint density at radius 2 is 2.25 bits per heavy atom. The summed E-state index contributed by atoms with van der Waals surface area (Å²) in [6.45, 7) is 1.60. The van der Waals surface area contributed by atoms with Crippen LogP contribution in [0.4, 0.5) is 5.69 Å². The van der Waals surface area contributed by atoms with Crippen LogP contribution >= 0.6 is 0 Å². The molecule has 20 heavy (non-hydrogen) atoms. The molecule has 7 heteroatoms. The number of hydrogen-bond acceptors (Lipinski definition) is 5. The van der Waals surface area contributed by atoms with E-state index in [0.29, 0.717) is 6.54 Å². The van der Waals surface area contributed by atoms with Crippen LogP contribution in [0.3, 0.4) is 0 Å². The second kappa shape index (κ2) is 5.98. The van der Waals surface area contributed by atoms with Gasteiger partial charge in [-0.3, -0.25) is 20.2 Å². The second-order valence-corrected chi connectivity index (χ2v) is 5.03. The molecule has 0 bridgehead atoms. The fourth-order valence-electron chi connectivity index (χ4n) is 2.21. The number of amides is 1. The van der Waals surface area contributed by atoms with Crippen LogP contribution in [0, 0.1) is 10.1 Å². The third-order valence-corrected chi connectivity index (χ3v) is 3.26. The summed E-state index contributed by atoms with van der Waals surface area (Å²) in [5, 5.41) is 13.9. The molecule has 0 radical (unpaired) electrons. The van der Waals surface area contributed by atoms with E-state index >= 15 is 0 Å². The Bertz CT molecular complexity index is 518. The van der Waals surface area contributed by atoms with Crippen LogP contribution in [0.15, 0.2) is 24.3 Å². The van der Waals surface area contributed by atoms with E-state index in [1.54, 1.807) is 17.0 Å². The Hall–Kier alpha value is -1.99. The van der Waals surface area contributed by atoms with Crippen molar-refractivity contribution in [3.8, 4) is 0 Å². The molecule has 1 fully saturated rings. The van der Waals surface area contributed by atoms with E-state index in [1.807, 2.05) is 19.0 Å². The third kappa shape index (κ3) is 3.12. The van der Waals surface area contributed by atoms with Gasteiger partial charge in [0, 0.05) is 25.2 Å². The molecular weight excluding hydrogens is 260 g/mol. The van der Waals surface area contributed by atoms with Crippen LogP contribution in [0.25, 0.3) is 0 Å². The summed E-state index contributed by atoms with van der Waals surface area (Å²) < 4.78 is 0. The predicted molar refractivity (Wildman–Crippen MR) is 74.1 cm³/mol. The minimum atomic E-state index is -0.426. The van der Waals surface area contributed by atoms with E-state index in [1.165, 1.54) is 12.1 Å². The van der Waals surface area contributed by atoms with Crippen molar-refractivity contribution in [3.63, 3.8) is 0 Å². The molecule has 108 valence electrons. The van der Waals surface area contributed by atoms with E-state index in [9.17, 15) is 14.9 Å². The molecule has 7 nitrogen and oxygen atoms in total. The topological polar surface area (TPSA) is 78.7 Å². The molecule has 0 aliphatic carbocycles. The number of carbonyl (C=O) groups is 1. The van der Waals surface area contributed by atoms with Crippen LogP contribution in [0.1, 0.15) is 11.7 Å². The minimum absolute atomic E-state index is 0.0170. The number of rotatable bonds is 5. The predicted octanol–water partition coefficient (Wildman–Crippen LogP) is 0.587. The lowest BCUT2D eigenvalue weighted by Gasteiger charge is -2.25. The van der Waals surface area contributed by atoms with Crippen LogP contribution in [-0.4, -0.2) is 54.4 Å². The van der Waals surface area contributed by atoms with Gasteiger partial charge in [0.1, 0.15) is 6.17 Å². The van der Waals surface area contributed by atoms with Gasteiger partial charge in [-0.15, -0.1) is 0 Å². The fraction of sp³-hybridized carbons (Fsp3) is 0.462. The fourth-order valence-corrected chi connectivity index (χ4v) is 2.21. The third-order valence-electron chi connectivity index (χ3n) is 3.26. The van der Waals surface area contributed by atoms with Gasteiger partial charge in [0.25, 0.3) is 5.69 Å². The molecule has 1 N–H and O–H groups in total. The maximum absolute atomic E-state index is 11.9. The molecule has 1 heterocycles. The van der Waals surface area contributed by atoms with E-state index < -0.39 is 4.92 Å². The van der Waals surface area contributed by atoms with Gasteiger partial charge >= 0.3 is 0 Å². The van der Waals surface area contributed by atoms with Gasteiger partial charge < -0.3 is 9.80 Å². The highest BCUT2D eigenvalue weighted by molar-refractivity contribution is 5.81. The van der Waals surface area contributed by atoms with Gasteiger partial charge in [-0.1, -0.05) is 12.1 Å². The number of hydrogen-bond donors (Lipinski definition) is 1. The molecule has 1 aliphatic rings. The van der Waals surface area contributed by atoms with E-state index in [4.69, 9.17) is 0 Å². The van der Waals surface area contributed by atoms with Gasteiger partial charge in [-0.2, -0.15) is 0 Å². The summed E-state index contributed by atoms with van der Waals surface area (Å²) in [7, 11) is 3.88. The molecule has 1 aromatic carbocycles. The van der Waals surface area contributed by atoms with Gasteiger partial charge in [-0.05, 0) is 19.7 Å². The number of nitrogens with one attached hydrogen (secondary N) is 1. The Morgan fingerprint density at radius 3 is 2.90 bits per heavy atom. The molecule has 1 amide bonds. The highest BCUT2D eigenvalue weighted by Crippen LogP contribution is 2.25. The second-order valence-electron chi connectivity index (χ2n) is 5.03. The summed E-state index contributed by atoms with van der Waals surface area (Å²) in [5.74, 6) is 0.0170. The number of nitro groups is 1. The summed E-state index contributed by atoms with van der Waals surface area (Å²) in [5.41, 5.74) is 0.778. The van der Waals surface area contributed by atoms with Crippen molar-refractivity contribution in [1.82, 2.24) is 15.1 Å². The maximum Gasteiger partial charge on any atom is 0.269 e. The lowest BCUT2D eigenvalue weighted by atomic mass is 10.1. The maximum atomic E-state index is 11.9. The van der Waals surface area contributed by atoms with E-state index in [-0.39, 0.29) is 24.3 Å². The van der Waals surface area contributed by atoms with Crippen molar-refractivity contribution in [2.24, 2.45) is 0 Å². The van der Waals surface area contributed by atoms with Gasteiger partial charge in [0.15, 0.2) is 0 Å². The van der Waals surface area contributed by atoms with Crippen molar-refractivity contribution < 1.29 is 9.72 Å². The Labute approximate surface area is 117 Å². The molecule has 0 spiro atoms. The number of nitro benzene ring substituents is 1. The first kappa shape index (κ1) is 14.4. The largest absolute Gasteiger partial charge is 0.321 e. The average molecular weight is 278 g/mol. The zero-order valence-corrected chi connectivity index (χ0v) is 11.6. The molecular formula is C13H18N4O3. The first-order chi connectivity index (χ1) is 9.49. The van der Waals surface area contributed by atoms with Crippen LogP contribution in [0.2, 0.25) is 0 Å².